The van der Waals surface area contributed by atoms with Gasteiger partial charge in [-0.05, 0) is 31.2 Å². The van der Waals surface area contributed by atoms with Crippen molar-refractivity contribution < 1.29 is 18.7 Å². The minimum Gasteiger partial charge on any atom is -0.457 e. The van der Waals surface area contributed by atoms with Crippen molar-refractivity contribution in [2.45, 2.75) is 6.92 Å². The molecule has 1 saturated heterocycles. The maximum Gasteiger partial charge on any atom is 0.270 e. The highest BCUT2D eigenvalue weighted by Gasteiger charge is 2.23. The largest absolute Gasteiger partial charge is 0.457 e. The Morgan fingerprint density at radius 3 is 2.35 bits per heavy atom. The molecule has 1 aromatic heterocycles. The molecule has 158 valence electrons. The van der Waals surface area contributed by atoms with E-state index in [2.05, 4.69) is 5.32 Å². The van der Waals surface area contributed by atoms with Crippen LogP contribution in [0.2, 0.25) is 0 Å². The lowest BCUT2D eigenvalue weighted by molar-refractivity contribution is -0.131. The number of ether oxygens (including phenoxy) is 1. The Hall–Kier alpha value is -3.64. The first-order valence-corrected chi connectivity index (χ1v) is 10.2. The molecule has 0 bridgehead atoms. The first kappa shape index (κ1) is 20.6. The van der Waals surface area contributed by atoms with Gasteiger partial charge in [0.1, 0.15) is 17.2 Å². The fraction of sp³-hybridized carbons (Fsp3) is 0.200. The molecular formula is C25H24N2O4. The third-order valence-corrected chi connectivity index (χ3v) is 5.06. The van der Waals surface area contributed by atoms with Gasteiger partial charge >= 0.3 is 0 Å². The Bertz CT molecular complexity index is 1080. The van der Waals surface area contributed by atoms with Crippen LogP contribution >= 0.6 is 0 Å². The summed E-state index contributed by atoms with van der Waals surface area (Å²) in [7, 11) is 0. The molecule has 1 aliphatic heterocycles. The summed E-state index contributed by atoms with van der Waals surface area (Å²) in [5.74, 6) is 0.569. The topological polar surface area (TPSA) is 71.8 Å². The van der Waals surface area contributed by atoms with Gasteiger partial charge < -0.3 is 19.4 Å². The summed E-state index contributed by atoms with van der Waals surface area (Å²) in [4.78, 5) is 27.5. The Kier molecular flexibility index (Phi) is 6.29. The minimum absolute atomic E-state index is 0.167. The normalized spacial score (nSPS) is 14.4. The smallest absolute Gasteiger partial charge is 0.270 e. The summed E-state index contributed by atoms with van der Waals surface area (Å²) in [6.07, 6.45) is 1.58. The quantitative estimate of drug-likeness (QED) is 0.641. The summed E-state index contributed by atoms with van der Waals surface area (Å²) in [6, 6.07) is 20.4. The fourth-order valence-corrected chi connectivity index (χ4v) is 3.32. The van der Waals surface area contributed by atoms with Crippen molar-refractivity contribution in [2.75, 3.05) is 26.3 Å². The number of carbonyl (C=O) groups excluding carboxylic acids is 2. The van der Waals surface area contributed by atoms with E-state index in [1.165, 1.54) is 0 Å². The van der Waals surface area contributed by atoms with Crippen LogP contribution in [0, 0.1) is 6.92 Å². The highest BCUT2D eigenvalue weighted by Crippen LogP contribution is 2.24. The Morgan fingerprint density at radius 1 is 0.935 bits per heavy atom. The van der Waals surface area contributed by atoms with Crippen molar-refractivity contribution in [3.05, 3.63) is 89.3 Å². The van der Waals surface area contributed by atoms with Gasteiger partial charge in [-0.25, -0.2) is 0 Å². The number of amides is 2. The predicted octanol–water partition coefficient (Wildman–Crippen LogP) is 3.88. The van der Waals surface area contributed by atoms with Gasteiger partial charge in [0.25, 0.3) is 11.8 Å². The second-order valence-corrected chi connectivity index (χ2v) is 7.35. The highest BCUT2D eigenvalue weighted by atomic mass is 16.5. The van der Waals surface area contributed by atoms with Crippen LogP contribution in [0.5, 0.6) is 0 Å². The van der Waals surface area contributed by atoms with Crippen molar-refractivity contribution >= 4 is 17.9 Å². The molecule has 2 heterocycles. The molecule has 1 fully saturated rings. The van der Waals surface area contributed by atoms with E-state index in [4.69, 9.17) is 9.15 Å². The summed E-state index contributed by atoms with van der Waals surface area (Å²) in [6.45, 7) is 3.93. The van der Waals surface area contributed by atoms with Crippen LogP contribution in [0.1, 0.15) is 21.7 Å². The molecule has 6 nitrogen and oxygen atoms in total. The third-order valence-electron chi connectivity index (χ3n) is 5.06. The molecule has 0 aliphatic carbocycles. The van der Waals surface area contributed by atoms with Gasteiger partial charge in [0.05, 0.1) is 13.2 Å². The van der Waals surface area contributed by atoms with E-state index in [9.17, 15) is 9.59 Å². The number of hydrogen-bond acceptors (Lipinski definition) is 4. The molecule has 0 radical (unpaired) electrons. The van der Waals surface area contributed by atoms with E-state index in [0.717, 1.165) is 11.1 Å². The number of morpholine rings is 1. The predicted molar refractivity (Wildman–Crippen MR) is 118 cm³/mol. The van der Waals surface area contributed by atoms with Crippen molar-refractivity contribution in [3.63, 3.8) is 0 Å². The monoisotopic (exact) mass is 416 g/mol. The number of carbonyl (C=O) groups is 2. The van der Waals surface area contributed by atoms with Gasteiger partial charge in [-0.3, -0.25) is 9.59 Å². The second-order valence-electron chi connectivity index (χ2n) is 7.35. The van der Waals surface area contributed by atoms with E-state index in [1.807, 2.05) is 43.3 Å². The first-order valence-electron chi connectivity index (χ1n) is 10.2. The van der Waals surface area contributed by atoms with Crippen molar-refractivity contribution in [1.29, 1.82) is 0 Å². The van der Waals surface area contributed by atoms with Gasteiger partial charge in [0.15, 0.2) is 0 Å². The highest BCUT2D eigenvalue weighted by molar-refractivity contribution is 6.05. The summed E-state index contributed by atoms with van der Waals surface area (Å²) in [5.41, 5.74) is 2.75. The molecule has 0 saturated carbocycles. The number of aryl methyl sites for hydroxylation is 1. The van der Waals surface area contributed by atoms with Gasteiger partial charge in [0, 0.05) is 30.3 Å². The summed E-state index contributed by atoms with van der Waals surface area (Å²) >= 11 is 0. The number of rotatable bonds is 5. The zero-order valence-electron chi connectivity index (χ0n) is 17.3. The minimum atomic E-state index is -0.348. The molecule has 2 amide bonds. The lowest BCUT2D eigenvalue weighted by Crippen LogP contribution is -2.44. The molecule has 2 aromatic carbocycles. The molecule has 1 N–H and O–H groups in total. The van der Waals surface area contributed by atoms with E-state index in [0.29, 0.717) is 43.4 Å². The number of hydrogen-bond donors (Lipinski definition) is 1. The molecule has 3 aromatic rings. The second kappa shape index (κ2) is 9.45. The maximum absolute atomic E-state index is 13.1. The molecule has 4 rings (SSSR count). The molecule has 1 aliphatic rings. The lowest BCUT2D eigenvalue weighted by atomic mass is 10.1. The summed E-state index contributed by atoms with van der Waals surface area (Å²) in [5, 5.41) is 2.77. The number of nitrogens with one attached hydrogen (secondary N) is 1. The first-order chi connectivity index (χ1) is 15.1. The van der Waals surface area contributed by atoms with Gasteiger partial charge in [-0.2, -0.15) is 0 Å². The number of furan rings is 1. The SMILES string of the molecule is Cc1ccc(-c2ccc(/C=C(/NC(=O)c3ccccc3)C(=O)N3CCOCC3)o2)cc1. The standard InChI is InChI=1S/C25H24N2O4/c1-18-7-9-19(10-8-18)23-12-11-21(31-23)17-22(25(29)27-13-15-30-16-14-27)26-24(28)20-5-3-2-4-6-20/h2-12,17H,13-16H2,1H3,(H,26,28)/b22-17+. The maximum atomic E-state index is 13.1. The molecule has 0 spiro atoms. The van der Waals surface area contributed by atoms with Crippen molar-refractivity contribution in [1.82, 2.24) is 10.2 Å². The van der Waals surface area contributed by atoms with Gasteiger partial charge in [-0.15, -0.1) is 0 Å². The van der Waals surface area contributed by atoms with Crippen LogP contribution in [-0.2, 0) is 9.53 Å². The van der Waals surface area contributed by atoms with Gasteiger partial charge in [0.2, 0.25) is 0 Å². The fourth-order valence-electron chi connectivity index (χ4n) is 3.32. The average molecular weight is 416 g/mol. The van der Waals surface area contributed by atoms with E-state index < -0.39 is 0 Å². The van der Waals surface area contributed by atoms with E-state index >= 15 is 0 Å². The van der Waals surface area contributed by atoms with Crippen molar-refractivity contribution in [2.24, 2.45) is 0 Å². The van der Waals surface area contributed by atoms with Crippen LogP contribution in [0.15, 0.2) is 76.8 Å². The Balaban J connectivity index is 1.61. The molecular weight excluding hydrogens is 392 g/mol. The van der Waals surface area contributed by atoms with Crippen LogP contribution in [0.25, 0.3) is 17.4 Å². The van der Waals surface area contributed by atoms with Crippen LogP contribution < -0.4 is 5.32 Å². The average Bonchev–Trinajstić information content (AvgIpc) is 3.28. The van der Waals surface area contributed by atoms with Gasteiger partial charge in [-0.1, -0.05) is 48.0 Å². The lowest BCUT2D eigenvalue weighted by Gasteiger charge is -2.27. The van der Waals surface area contributed by atoms with Crippen LogP contribution in [0.3, 0.4) is 0 Å². The van der Waals surface area contributed by atoms with Crippen LogP contribution in [-0.4, -0.2) is 43.0 Å². The van der Waals surface area contributed by atoms with Crippen LogP contribution in [0.4, 0.5) is 0 Å². The zero-order chi connectivity index (χ0) is 21.6. The zero-order valence-corrected chi connectivity index (χ0v) is 17.3. The molecule has 31 heavy (non-hydrogen) atoms. The third kappa shape index (κ3) is 5.10. The Labute approximate surface area is 181 Å². The van der Waals surface area contributed by atoms with E-state index in [1.54, 1.807) is 41.3 Å². The molecule has 0 unspecified atom stereocenters. The van der Waals surface area contributed by atoms with E-state index in [-0.39, 0.29) is 17.5 Å². The molecule has 0 atom stereocenters. The Morgan fingerprint density at radius 2 is 1.65 bits per heavy atom. The number of benzene rings is 2. The number of nitrogens with zero attached hydrogens (tertiary/aromatic N) is 1. The van der Waals surface area contributed by atoms with Crippen molar-refractivity contribution in [3.8, 4) is 11.3 Å². The summed E-state index contributed by atoms with van der Waals surface area (Å²) < 4.78 is 11.3. The molecule has 6 heteroatoms.